The molecule has 3 heterocycles. The number of nitrogens with one attached hydrogen (secondary N) is 2. The smallest absolute Gasteiger partial charge is 0.230 e. The summed E-state index contributed by atoms with van der Waals surface area (Å²) in [7, 11) is 0. The zero-order chi connectivity index (χ0) is 27.5. The van der Waals surface area contributed by atoms with Crippen LogP contribution in [-0.2, 0) is 17.8 Å². The molecule has 7 nitrogen and oxygen atoms in total. The Morgan fingerprint density at radius 1 is 1.03 bits per heavy atom. The molecule has 0 saturated heterocycles. The molecule has 0 unspecified atom stereocenters. The largest absolute Gasteiger partial charge is 0.453 e. The number of pyridine rings is 1. The molecule has 3 aromatic heterocycles. The van der Waals surface area contributed by atoms with E-state index in [-0.39, 0.29) is 28.5 Å². The van der Waals surface area contributed by atoms with E-state index in [0.29, 0.717) is 17.3 Å². The molecule has 0 spiro atoms. The van der Waals surface area contributed by atoms with Gasteiger partial charge in [0.1, 0.15) is 23.2 Å². The van der Waals surface area contributed by atoms with E-state index in [1.165, 1.54) is 35.6 Å². The third kappa shape index (κ3) is 5.91. The topological polar surface area (TPSA) is 81.1 Å². The Kier molecular flexibility index (Phi) is 7.57. The maximum absolute atomic E-state index is 14.9. The number of ether oxygens (including phenoxy) is 1. The monoisotopic (exact) mass is 567 g/mol. The van der Waals surface area contributed by atoms with Crippen molar-refractivity contribution < 1.29 is 22.7 Å². The van der Waals surface area contributed by atoms with Gasteiger partial charge in [0.15, 0.2) is 16.7 Å². The molecule has 0 radical (unpaired) electrons. The van der Waals surface area contributed by atoms with Gasteiger partial charge in [0.25, 0.3) is 0 Å². The molecule has 2 N–H and O–H groups in total. The van der Waals surface area contributed by atoms with Crippen LogP contribution in [0.5, 0.6) is 11.5 Å². The Morgan fingerprint density at radius 3 is 2.64 bits per heavy atom. The summed E-state index contributed by atoms with van der Waals surface area (Å²) in [5.74, 6) is -1.60. The van der Waals surface area contributed by atoms with Gasteiger partial charge in [0, 0.05) is 49.0 Å². The van der Waals surface area contributed by atoms with E-state index in [0.717, 1.165) is 28.0 Å². The van der Waals surface area contributed by atoms with Crippen LogP contribution in [0.25, 0.3) is 20.9 Å². The minimum Gasteiger partial charge on any atom is -0.453 e. The minimum absolute atomic E-state index is 0.0141. The van der Waals surface area contributed by atoms with Gasteiger partial charge >= 0.3 is 0 Å². The number of thiocarbonyl (C=S) groups is 1. The van der Waals surface area contributed by atoms with Gasteiger partial charge in [0.2, 0.25) is 5.91 Å². The van der Waals surface area contributed by atoms with Crippen LogP contribution in [0.15, 0.2) is 67.1 Å². The van der Waals surface area contributed by atoms with Crippen LogP contribution in [0, 0.1) is 17.5 Å². The molecular weight excluding hydrogens is 547 g/mol. The van der Waals surface area contributed by atoms with Crippen molar-refractivity contribution in [3.05, 3.63) is 90.1 Å². The molecule has 39 heavy (non-hydrogen) atoms. The van der Waals surface area contributed by atoms with Crippen LogP contribution >= 0.6 is 23.6 Å². The lowest BCUT2D eigenvalue weighted by Gasteiger charge is -2.12. The lowest BCUT2D eigenvalue weighted by Crippen LogP contribution is -2.35. The van der Waals surface area contributed by atoms with Crippen molar-refractivity contribution in [3.8, 4) is 22.2 Å². The molecule has 0 fully saturated rings. The van der Waals surface area contributed by atoms with Crippen LogP contribution in [-0.4, -0.2) is 25.6 Å². The lowest BCUT2D eigenvalue weighted by atomic mass is 10.1. The van der Waals surface area contributed by atoms with E-state index in [9.17, 15) is 18.0 Å². The van der Waals surface area contributed by atoms with Crippen molar-refractivity contribution in [2.45, 2.75) is 19.9 Å². The van der Waals surface area contributed by atoms with Gasteiger partial charge in [-0.25, -0.2) is 18.2 Å². The number of nitrogens with zero attached hydrogens (tertiary/aromatic N) is 3. The summed E-state index contributed by atoms with van der Waals surface area (Å²) in [4.78, 5) is 21.9. The maximum Gasteiger partial charge on any atom is 0.230 e. The quantitative estimate of drug-likeness (QED) is 0.220. The summed E-state index contributed by atoms with van der Waals surface area (Å²) in [6.45, 7) is 2.80. The Morgan fingerprint density at radius 2 is 1.87 bits per heavy atom. The molecule has 0 aliphatic heterocycles. The summed E-state index contributed by atoms with van der Waals surface area (Å²) in [5.41, 5.74) is 0.990. The highest BCUT2D eigenvalue weighted by molar-refractivity contribution is 7.80. The van der Waals surface area contributed by atoms with Gasteiger partial charge in [-0.15, -0.1) is 11.3 Å². The molecule has 1 amide bonds. The standard InChI is InChI=1S/C27H20F3N5O2S2/c1-2-35-10-9-32-26(35)23-14-20-25(39-23)22(7-8-31-20)37-21-6-5-17(13-19(21)30)33-27(38)34-24(36)11-15-3-4-16(28)12-18(15)29/h3-10,12-14H,2,11H2,1H3,(H2,33,34,36,38). The number of halogens is 3. The summed E-state index contributed by atoms with van der Waals surface area (Å²) in [6.07, 6.45) is 4.88. The van der Waals surface area contributed by atoms with Gasteiger partial charge in [-0.3, -0.25) is 9.78 Å². The van der Waals surface area contributed by atoms with Crippen LogP contribution in [0.1, 0.15) is 12.5 Å². The summed E-state index contributed by atoms with van der Waals surface area (Å²) in [5, 5.41) is 4.99. The van der Waals surface area contributed by atoms with Gasteiger partial charge in [-0.1, -0.05) is 6.07 Å². The number of thiophene rings is 1. The zero-order valence-corrected chi connectivity index (χ0v) is 22.0. The highest BCUT2D eigenvalue weighted by Gasteiger charge is 2.16. The van der Waals surface area contributed by atoms with Crippen molar-refractivity contribution in [3.63, 3.8) is 0 Å². The molecule has 198 valence electrons. The van der Waals surface area contributed by atoms with Crippen LogP contribution in [0.2, 0.25) is 0 Å². The molecule has 2 aromatic carbocycles. The number of aryl methyl sites for hydroxylation is 1. The summed E-state index contributed by atoms with van der Waals surface area (Å²) < 4.78 is 50.5. The molecule has 0 aliphatic carbocycles. The lowest BCUT2D eigenvalue weighted by molar-refractivity contribution is -0.119. The maximum atomic E-state index is 14.9. The van der Waals surface area contributed by atoms with Crippen LogP contribution < -0.4 is 15.4 Å². The fourth-order valence-electron chi connectivity index (χ4n) is 3.85. The predicted molar refractivity (Wildman–Crippen MR) is 147 cm³/mol. The van der Waals surface area contributed by atoms with Crippen molar-refractivity contribution >= 4 is 50.5 Å². The number of benzene rings is 2. The van der Waals surface area contributed by atoms with Gasteiger partial charge in [-0.05, 0) is 49.0 Å². The molecule has 5 aromatic rings. The molecule has 12 heteroatoms. The Balaban J connectivity index is 1.26. The van der Waals surface area contributed by atoms with E-state index < -0.39 is 23.4 Å². The molecule has 0 saturated carbocycles. The van der Waals surface area contributed by atoms with Crippen molar-refractivity contribution in [1.29, 1.82) is 0 Å². The van der Waals surface area contributed by atoms with Gasteiger partial charge in [0.05, 0.1) is 21.5 Å². The first-order chi connectivity index (χ1) is 18.8. The van der Waals surface area contributed by atoms with E-state index >= 15 is 0 Å². The first-order valence-electron chi connectivity index (χ1n) is 11.7. The molecule has 0 atom stereocenters. The van der Waals surface area contributed by atoms with E-state index in [4.69, 9.17) is 17.0 Å². The summed E-state index contributed by atoms with van der Waals surface area (Å²) in [6, 6.07) is 10.7. The second-order valence-corrected chi connectivity index (χ2v) is 9.79. The fourth-order valence-corrected chi connectivity index (χ4v) is 5.16. The van der Waals surface area contributed by atoms with Crippen molar-refractivity contribution in [2.24, 2.45) is 0 Å². The van der Waals surface area contributed by atoms with Gasteiger partial charge in [-0.2, -0.15) is 0 Å². The van der Waals surface area contributed by atoms with Crippen molar-refractivity contribution in [1.82, 2.24) is 19.9 Å². The highest BCUT2D eigenvalue weighted by Crippen LogP contribution is 2.39. The molecule has 0 aliphatic rings. The minimum atomic E-state index is -0.834. The Labute approximate surface area is 230 Å². The number of hydrogen-bond donors (Lipinski definition) is 2. The number of imidazole rings is 1. The Bertz CT molecular complexity index is 1700. The average Bonchev–Trinajstić information content (AvgIpc) is 3.54. The van der Waals surface area contributed by atoms with E-state index in [2.05, 4.69) is 20.6 Å². The van der Waals surface area contributed by atoms with Crippen LogP contribution in [0.3, 0.4) is 0 Å². The predicted octanol–water partition coefficient (Wildman–Crippen LogP) is 6.45. The number of rotatable bonds is 7. The fraction of sp³-hybridized carbons (Fsp3) is 0.111. The first kappa shape index (κ1) is 26.3. The van der Waals surface area contributed by atoms with E-state index in [1.54, 1.807) is 18.5 Å². The number of hydrogen-bond acceptors (Lipinski definition) is 6. The third-order valence-electron chi connectivity index (χ3n) is 5.68. The average molecular weight is 568 g/mol. The number of carbonyl (C=O) groups excluding carboxylic acids is 1. The number of anilines is 1. The second kappa shape index (κ2) is 11.2. The highest BCUT2D eigenvalue weighted by atomic mass is 32.1. The number of fused-ring (bicyclic) bond motifs is 1. The number of amides is 1. The van der Waals surface area contributed by atoms with Crippen molar-refractivity contribution in [2.75, 3.05) is 5.32 Å². The summed E-state index contributed by atoms with van der Waals surface area (Å²) >= 11 is 6.56. The number of aromatic nitrogens is 3. The van der Waals surface area contributed by atoms with Gasteiger partial charge < -0.3 is 19.9 Å². The molecular formula is C27H20F3N5O2S2. The third-order valence-corrected chi connectivity index (χ3v) is 7.02. The first-order valence-corrected chi connectivity index (χ1v) is 13.0. The second-order valence-electron chi connectivity index (χ2n) is 8.33. The number of carbonyl (C=O) groups is 1. The normalized spacial score (nSPS) is 11.0. The van der Waals surface area contributed by atoms with E-state index in [1.807, 2.05) is 23.8 Å². The zero-order valence-electron chi connectivity index (χ0n) is 20.4. The Hall–Kier alpha value is -4.29. The van der Waals surface area contributed by atoms with Crippen LogP contribution in [0.4, 0.5) is 18.9 Å². The SMILES string of the molecule is CCn1ccnc1-c1cc2nccc(Oc3ccc(NC(=S)NC(=O)Cc4ccc(F)cc4F)cc3F)c2s1. The molecule has 5 rings (SSSR count). The molecule has 0 bridgehead atoms.